The van der Waals surface area contributed by atoms with Crippen LogP contribution in [0.3, 0.4) is 0 Å². The van der Waals surface area contributed by atoms with Crippen LogP contribution in [0.15, 0.2) is 0 Å². The number of terminal acetylenes is 1. The minimum absolute atomic E-state index is 0.236. The molecule has 0 aliphatic heterocycles. The van der Waals surface area contributed by atoms with Crippen LogP contribution in [0.4, 0.5) is 0 Å². The molecule has 0 amide bonds. The number of hydrogen-bond acceptors (Lipinski definition) is 2. The molecule has 0 saturated carbocycles. The van der Waals surface area contributed by atoms with Crippen LogP contribution in [-0.4, -0.2) is 37.1 Å². The Balaban J connectivity index is 3.58. The third kappa shape index (κ3) is 5.26. The molecule has 2 unspecified atom stereocenters. The zero-order valence-corrected chi connectivity index (χ0v) is 10.0. The predicted molar refractivity (Wildman–Crippen MR) is 63.3 cm³/mol. The fourth-order valence-electron chi connectivity index (χ4n) is 1.27. The molecular weight excluding hydrogens is 172 g/mol. The molecule has 2 nitrogen and oxygen atoms in total. The van der Waals surface area contributed by atoms with E-state index in [1.165, 1.54) is 6.42 Å². The van der Waals surface area contributed by atoms with Gasteiger partial charge in [0.1, 0.15) is 0 Å². The standard InChI is InChI=1S/C12H24N2/c1-6-11(4)14(5)10-9-13-12(7-2)8-3/h2,11-13H,6,8-10H2,1,3-5H3. The van der Waals surface area contributed by atoms with Crippen molar-refractivity contribution in [2.75, 3.05) is 20.1 Å². The smallest absolute Gasteiger partial charge is 0.0684 e. The highest BCUT2D eigenvalue weighted by molar-refractivity contribution is 4.97. The lowest BCUT2D eigenvalue weighted by Crippen LogP contribution is -2.38. The molecule has 0 aromatic heterocycles. The molecule has 0 spiro atoms. The second-order valence-corrected chi connectivity index (χ2v) is 3.82. The molecule has 2 heteroatoms. The Hall–Kier alpha value is -0.520. The highest BCUT2D eigenvalue weighted by Crippen LogP contribution is 1.98. The lowest BCUT2D eigenvalue weighted by molar-refractivity contribution is 0.250. The fourth-order valence-corrected chi connectivity index (χ4v) is 1.27. The zero-order valence-electron chi connectivity index (χ0n) is 10.0. The summed E-state index contributed by atoms with van der Waals surface area (Å²) < 4.78 is 0. The largest absolute Gasteiger partial charge is 0.302 e. The molecule has 0 fully saturated rings. The predicted octanol–water partition coefficient (Wildman–Crippen LogP) is 1.72. The third-order valence-corrected chi connectivity index (χ3v) is 2.81. The van der Waals surface area contributed by atoms with Crippen molar-refractivity contribution in [2.45, 2.75) is 45.7 Å². The number of rotatable bonds is 7. The molecule has 0 saturated heterocycles. The van der Waals surface area contributed by atoms with E-state index in [-0.39, 0.29) is 6.04 Å². The highest BCUT2D eigenvalue weighted by Gasteiger charge is 2.06. The normalized spacial score (nSPS) is 15.1. The second kappa shape index (κ2) is 7.84. The molecule has 0 rings (SSSR count). The first-order chi connectivity index (χ1) is 6.65. The van der Waals surface area contributed by atoms with Crippen molar-refractivity contribution in [3.05, 3.63) is 0 Å². The Bertz CT molecular complexity index is 172. The third-order valence-electron chi connectivity index (χ3n) is 2.81. The monoisotopic (exact) mass is 196 g/mol. The molecule has 0 bridgehead atoms. The van der Waals surface area contributed by atoms with Crippen molar-refractivity contribution in [1.82, 2.24) is 10.2 Å². The molecule has 14 heavy (non-hydrogen) atoms. The quantitative estimate of drug-likeness (QED) is 0.624. The van der Waals surface area contributed by atoms with Crippen LogP contribution in [0.1, 0.15) is 33.6 Å². The second-order valence-electron chi connectivity index (χ2n) is 3.82. The summed E-state index contributed by atoms with van der Waals surface area (Å²) in [5.41, 5.74) is 0. The van der Waals surface area contributed by atoms with Crippen LogP contribution in [0, 0.1) is 12.3 Å². The lowest BCUT2D eigenvalue weighted by atomic mass is 10.2. The minimum Gasteiger partial charge on any atom is -0.302 e. The summed E-state index contributed by atoms with van der Waals surface area (Å²) >= 11 is 0. The van der Waals surface area contributed by atoms with E-state index in [0.29, 0.717) is 6.04 Å². The Morgan fingerprint density at radius 3 is 2.43 bits per heavy atom. The van der Waals surface area contributed by atoms with E-state index >= 15 is 0 Å². The zero-order chi connectivity index (χ0) is 11.0. The van der Waals surface area contributed by atoms with Crippen LogP contribution in [0.2, 0.25) is 0 Å². The molecule has 82 valence electrons. The highest BCUT2D eigenvalue weighted by atomic mass is 15.1. The maximum atomic E-state index is 5.36. The van der Waals surface area contributed by atoms with Gasteiger partial charge in [0.05, 0.1) is 6.04 Å². The SMILES string of the molecule is C#CC(CC)NCCN(C)C(C)CC. The molecule has 0 aliphatic carbocycles. The molecular formula is C12H24N2. The Morgan fingerprint density at radius 1 is 1.36 bits per heavy atom. The Labute approximate surface area is 89.1 Å². The van der Waals surface area contributed by atoms with Crippen molar-refractivity contribution in [3.8, 4) is 12.3 Å². The number of nitrogens with one attached hydrogen (secondary N) is 1. The van der Waals surface area contributed by atoms with Crippen molar-refractivity contribution >= 4 is 0 Å². The Kier molecular flexibility index (Phi) is 7.55. The van der Waals surface area contributed by atoms with Gasteiger partial charge < -0.3 is 10.2 Å². The van der Waals surface area contributed by atoms with Crippen LogP contribution in [-0.2, 0) is 0 Å². The number of hydrogen-bond donors (Lipinski definition) is 1. The van der Waals surface area contributed by atoms with E-state index in [1.807, 2.05) is 0 Å². The van der Waals surface area contributed by atoms with Gasteiger partial charge in [-0.25, -0.2) is 0 Å². The van der Waals surface area contributed by atoms with Gasteiger partial charge in [-0.1, -0.05) is 19.8 Å². The van der Waals surface area contributed by atoms with E-state index in [4.69, 9.17) is 6.42 Å². The average Bonchev–Trinajstić information content (AvgIpc) is 2.22. The van der Waals surface area contributed by atoms with Crippen molar-refractivity contribution in [2.24, 2.45) is 0 Å². The van der Waals surface area contributed by atoms with Crippen molar-refractivity contribution in [1.29, 1.82) is 0 Å². The van der Waals surface area contributed by atoms with Gasteiger partial charge in [-0.3, -0.25) is 0 Å². The van der Waals surface area contributed by atoms with Crippen molar-refractivity contribution < 1.29 is 0 Å². The van der Waals surface area contributed by atoms with Gasteiger partial charge in [-0.05, 0) is 26.8 Å². The summed E-state index contributed by atoms with van der Waals surface area (Å²) in [5, 5.41) is 3.35. The average molecular weight is 196 g/mol. The van der Waals surface area contributed by atoms with Gasteiger partial charge in [0.15, 0.2) is 0 Å². The summed E-state index contributed by atoms with van der Waals surface area (Å²) in [7, 11) is 2.16. The summed E-state index contributed by atoms with van der Waals surface area (Å²) in [4.78, 5) is 2.36. The topological polar surface area (TPSA) is 15.3 Å². The van der Waals surface area contributed by atoms with Crippen LogP contribution >= 0.6 is 0 Å². The van der Waals surface area contributed by atoms with Gasteiger partial charge in [0.25, 0.3) is 0 Å². The molecule has 2 atom stereocenters. The molecule has 1 N–H and O–H groups in total. The summed E-state index contributed by atoms with van der Waals surface area (Å²) in [6.07, 6.45) is 7.56. The van der Waals surface area contributed by atoms with E-state index in [2.05, 4.69) is 44.0 Å². The van der Waals surface area contributed by atoms with Crippen LogP contribution in [0.25, 0.3) is 0 Å². The van der Waals surface area contributed by atoms with Crippen LogP contribution in [0.5, 0.6) is 0 Å². The van der Waals surface area contributed by atoms with Crippen molar-refractivity contribution in [3.63, 3.8) is 0 Å². The van der Waals surface area contributed by atoms with Gasteiger partial charge in [0, 0.05) is 19.1 Å². The molecule has 0 heterocycles. The molecule has 0 aromatic rings. The summed E-state index contributed by atoms with van der Waals surface area (Å²) in [5.74, 6) is 2.74. The fraction of sp³-hybridized carbons (Fsp3) is 0.833. The van der Waals surface area contributed by atoms with Gasteiger partial charge in [-0.15, -0.1) is 6.42 Å². The van der Waals surface area contributed by atoms with Gasteiger partial charge in [0.2, 0.25) is 0 Å². The van der Waals surface area contributed by atoms with Gasteiger partial charge >= 0.3 is 0 Å². The molecule has 0 radical (unpaired) electrons. The first-order valence-corrected chi connectivity index (χ1v) is 5.55. The number of nitrogens with zero attached hydrogens (tertiary/aromatic N) is 1. The van der Waals surface area contributed by atoms with Gasteiger partial charge in [-0.2, -0.15) is 0 Å². The Morgan fingerprint density at radius 2 is 2.00 bits per heavy atom. The molecule has 0 aliphatic rings. The van der Waals surface area contributed by atoms with E-state index in [9.17, 15) is 0 Å². The van der Waals surface area contributed by atoms with E-state index < -0.39 is 0 Å². The summed E-state index contributed by atoms with van der Waals surface area (Å²) in [6, 6.07) is 0.892. The maximum Gasteiger partial charge on any atom is 0.0684 e. The minimum atomic E-state index is 0.236. The first kappa shape index (κ1) is 13.5. The maximum absolute atomic E-state index is 5.36. The number of likely N-dealkylation sites (N-methyl/N-ethyl adjacent to an activating group) is 1. The van der Waals surface area contributed by atoms with E-state index in [0.717, 1.165) is 19.5 Å². The first-order valence-electron chi connectivity index (χ1n) is 5.55. The molecule has 0 aromatic carbocycles. The summed E-state index contributed by atoms with van der Waals surface area (Å²) in [6.45, 7) is 8.61. The van der Waals surface area contributed by atoms with Crippen LogP contribution < -0.4 is 5.32 Å². The lowest BCUT2D eigenvalue weighted by Gasteiger charge is -2.24. The van der Waals surface area contributed by atoms with E-state index in [1.54, 1.807) is 0 Å².